The second-order valence-electron chi connectivity index (χ2n) is 5.29. The Morgan fingerprint density at radius 2 is 2.04 bits per heavy atom. The summed E-state index contributed by atoms with van der Waals surface area (Å²) in [5.74, 6) is -0.399. The van der Waals surface area contributed by atoms with Crippen LogP contribution in [0.5, 0.6) is 0 Å². The molecule has 3 aromatic rings. The zero-order valence-electron chi connectivity index (χ0n) is 12.9. The van der Waals surface area contributed by atoms with Crippen molar-refractivity contribution < 1.29 is 9.59 Å². The fourth-order valence-corrected chi connectivity index (χ4v) is 2.67. The van der Waals surface area contributed by atoms with Gasteiger partial charge >= 0.3 is 0 Å². The molecule has 0 atom stereocenters. The van der Waals surface area contributed by atoms with Crippen LogP contribution in [0.25, 0.3) is 5.65 Å². The number of hydrogen-bond donors (Lipinski definition) is 2. The Kier molecular flexibility index (Phi) is 4.61. The first-order chi connectivity index (χ1) is 11.5. The van der Waals surface area contributed by atoms with Crippen LogP contribution in [0.15, 0.2) is 53.3 Å². The lowest BCUT2D eigenvalue weighted by Crippen LogP contribution is -2.23. The number of halogens is 1. The predicted octanol–water partition coefficient (Wildman–Crippen LogP) is 2.99. The Balaban J connectivity index is 1.69. The summed E-state index contributed by atoms with van der Waals surface area (Å²) in [5.41, 5.74) is 2.65. The molecule has 122 valence electrons. The summed E-state index contributed by atoms with van der Waals surface area (Å²) < 4.78 is 2.85. The van der Waals surface area contributed by atoms with Crippen molar-refractivity contribution in [1.29, 1.82) is 0 Å². The molecule has 7 heteroatoms. The average Bonchev–Trinajstić information content (AvgIpc) is 2.94. The normalized spacial score (nSPS) is 10.6. The van der Waals surface area contributed by atoms with Crippen molar-refractivity contribution in [3.05, 3.63) is 64.5 Å². The van der Waals surface area contributed by atoms with E-state index in [9.17, 15) is 9.59 Å². The Bertz CT molecular complexity index is 920. The van der Waals surface area contributed by atoms with Gasteiger partial charge < -0.3 is 15.0 Å². The fraction of sp³-hybridized carbons (Fsp3) is 0.118. The highest BCUT2D eigenvalue weighted by Gasteiger charge is 2.08. The van der Waals surface area contributed by atoms with E-state index >= 15 is 0 Å². The van der Waals surface area contributed by atoms with Gasteiger partial charge in [-0.05, 0) is 46.3 Å². The molecular formula is C17H15BrN4O2. The lowest BCUT2D eigenvalue weighted by atomic mass is 10.2. The standard InChI is InChI=1S/C17H15BrN4O2/c1-11(23)20-14-4-2-3-12(7-14)17(24)19-8-15-10-22-9-13(18)5-6-16(22)21-15/h2-7,9-10H,8H2,1H3,(H,19,24)(H,20,23). The van der Waals surface area contributed by atoms with Crippen LogP contribution in [0.1, 0.15) is 23.0 Å². The van der Waals surface area contributed by atoms with Gasteiger partial charge in [-0.15, -0.1) is 0 Å². The SMILES string of the molecule is CC(=O)Nc1cccc(C(=O)NCc2cn3cc(Br)ccc3n2)c1. The summed E-state index contributed by atoms with van der Waals surface area (Å²) in [4.78, 5) is 27.8. The number of amides is 2. The minimum absolute atomic E-state index is 0.177. The van der Waals surface area contributed by atoms with E-state index < -0.39 is 0 Å². The lowest BCUT2D eigenvalue weighted by Gasteiger charge is -2.06. The van der Waals surface area contributed by atoms with Crippen molar-refractivity contribution in [2.45, 2.75) is 13.5 Å². The van der Waals surface area contributed by atoms with Crippen molar-refractivity contribution in [2.75, 3.05) is 5.32 Å². The first kappa shape index (κ1) is 16.2. The largest absolute Gasteiger partial charge is 0.346 e. The lowest BCUT2D eigenvalue weighted by molar-refractivity contribution is -0.114. The average molecular weight is 387 g/mol. The molecule has 0 unspecified atom stereocenters. The molecule has 2 amide bonds. The number of rotatable bonds is 4. The zero-order chi connectivity index (χ0) is 17.1. The maximum atomic E-state index is 12.3. The molecule has 2 aromatic heterocycles. The van der Waals surface area contributed by atoms with Gasteiger partial charge in [0, 0.05) is 35.0 Å². The van der Waals surface area contributed by atoms with Gasteiger partial charge in [-0.2, -0.15) is 0 Å². The number of pyridine rings is 1. The van der Waals surface area contributed by atoms with E-state index in [2.05, 4.69) is 31.5 Å². The quantitative estimate of drug-likeness (QED) is 0.723. The fourth-order valence-electron chi connectivity index (χ4n) is 2.32. The summed E-state index contributed by atoms with van der Waals surface area (Å²) in [5, 5.41) is 5.49. The summed E-state index contributed by atoms with van der Waals surface area (Å²) >= 11 is 3.41. The summed E-state index contributed by atoms with van der Waals surface area (Å²) in [7, 11) is 0. The molecule has 0 bridgehead atoms. The Morgan fingerprint density at radius 1 is 1.21 bits per heavy atom. The molecule has 0 fully saturated rings. The van der Waals surface area contributed by atoms with Crippen LogP contribution in [0, 0.1) is 0 Å². The maximum absolute atomic E-state index is 12.3. The first-order valence-electron chi connectivity index (χ1n) is 7.30. The van der Waals surface area contributed by atoms with E-state index in [1.807, 2.05) is 28.9 Å². The van der Waals surface area contributed by atoms with Crippen LogP contribution < -0.4 is 10.6 Å². The third-order valence-corrected chi connectivity index (χ3v) is 3.81. The molecule has 0 radical (unpaired) electrons. The second-order valence-corrected chi connectivity index (χ2v) is 6.21. The second kappa shape index (κ2) is 6.84. The van der Waals surface area contributed by atoms with Crippen LogP contribution in [0.2, 0.25) is 0 Å². The number of hydrogen-bond acceptors (Lipinski definition) is 3. The number of benzene rings is 1. The summed E-state index contributed by atoms with van der Waals surface area (Å²) in [6.07, 6.45) is 3.78. The first-order valence-corrected chi connectivity index (χ1v) is 8.09. The summed E-state index contributed by atoms with van der Waals surface area (Å²) in [6.45, 7) is 1.75. The maximum Gasteiger partial charge on any atom is 0.251 e. The molecule has 2 heterocycles. The van der Waals surface area contributed by atoms with Crippen LogP contribution >= 0.6 is 15.9 Å². The third-order valence-electron chi connectivity index (χ3n) is 3.34. The van der Waals surface area contributed by atoms with Crippen LogP contribution in [-0.4, -0.2) is 21.2 Å². The van der Waals surface area contributed by atoms with E-state index in [0.717, 1.165) is 15.8 Å². The minimum Gasteiger partial charge on any atom is -0.346 e. The van der Waals surface area contributed by atoms with Crippen LogP contribution in [0.3, 0.4) is 0 Å². The van der Waals surface area contributed by atoms with E-state index in [1.165, 1.54) is 6.92 Å². The number of nitrogens with one attached hydrogen (secondary N) is 2. The topological polar surface area (TPSA) is 75.5 Å². The molecule has 6 nitrogen and oxygen atoms in total. The van der Waals surface area contributed by atoms with Gasteiger partial charge in [0.15, 0.2) is 0 Å². The van der Waals surface area contributed by atoms with E-state index in [0.29, 0.717) is 17.8 Å². The van der Waals surface area contributed by atoms with Gasteiger partial charge in [-0.3, -0.25) is 9.59 Å². The van der Waals surface area contributed by atoms with Gasteiger partial charge in [-0.25, -0.2) is 4.98 Å². The van der Waals surface area contributed by atoms with Gasteiger partial charge in [0.1, 0.15) is 5.65 Å². The van der Waals surface area contributed by atoms with E-state index in [1.54, 1.807) is 24.3 Å². The number of imidazole rings is 1. The Hall–Kier alpha value is -2.67. The van der Waals surface area contributed by atoms with Gasteiger partial charge in [-0.1, -0.05) is 6.07 Å². The smallest absolute Gasteiger partial charge is 0.251 e. The zero-order valence-corrected chi connectivity index (χ0v) is 14.5. The molecule has 0 aliphatic carbocycles. The van der Waals surface area contributed by atoms with Crippen LogP contribution in [-0.2, 0) is 11.3 Å². The van der Waals surface area contributed by atoms with E-state index in [-0.39, 0.29) is 11.8 Å². The Labute approximate surface area is 147 Å². The van der Waals surface area contributed by atoms with E-state index in [4.69, 9.17) is 0 Å². The number of anilines is 1. The number of aromatic nitrogens is 2. The van der Waals surface area contributed by atoms with Crippen molar-refractivity contribution >= 4 is 39.1 Å². The van der Waals surface area contributed by atoms with Crippen LogP contribution in [0.4, 0.5) is 5.69 Å². The Morgan fingerprint density at radius 3 is 2.83 bits per heavy atom. The van der Waals surface area contributed by atoms with Crippen molar-refractivity contribution in [3.63, 3.8) is 0 Å². The number of fused-ring (bicyclic) bond motifs is 1. The highest BCUT2D eigenvalue weighted by Crippen LogP contribution is 2.13. The molecule has 0 aliphatic rings. The third kappa shape index (κ3) is 3.80. The monoisotopic (exact) mass is 386 g/mol. The minimum atomic E-state index is -0.222. The summed E-state index contributed by atoms with van der Waals surface area (Å²) in [6, 6.07) is 10.6. The molecule has 0 spiro atoms. The van der Waals surface area contributed by atoms with Crippen molar-refractivity contribution in [2.24, 2.45) is 0 Å². The number of carbonyl (C=O) groups excluding carboxylic acids is 2. The predicted molar refractivity (Wildman–Crippen MR) is 94.8 cm³/mol. The number of nitrogens with zero attached hydrogens (tertiary/aromatic N) is 2. The van der Waals surface area contributed by atoms with Gasteiger partial charge in [0.2, 0.25) is 5.91 Å². The molecule has 24 heavy (non-hydrogen) atoms. The van der Waals surface area contributed by atoms with Crippen molar-refractivity contribution in [3.8, 4) is 0 Å². The molecule has 3 rings (SSSR count). The van der Waals surface area contributed by atoms with Gasteiger partial charge in [0.25, 0.3) is 5.91 Å². The molecule has 2 N–H and O–H groups in total. The molecule has 0 saturated carbocycles. The van der Waals surface area contributed by atoms with Crippen molar-refractivity contribution in [1.82, 2.24) is 14.7 Å². The molecule has 0 saturated heterocycles. The molecular weight excluding hydrogens is 372 g/mol. The number of carbonyl (C=O) groups is 2. The molecule has 1 aromatic carbocycles. The highest BCUT2D eigenvalue weighted by molar-refractivity contribution is 9.10. The molecule has 0 aliphatic heterocycles. The highest BCUT2D eigenvalue weighted by atomic mass is 79.9. The van der Waals surface area contributed by atoms with Gasteiger partial charge in [0.05, 0.1) is 12.2 Å².